The number of hydrogen-bond acceptors (Lipinski definition) is 5. The van der Waals surface area contributed by atoms with Gasteiger partial charge in [-0.05, 0) is 57.6 Å². The van der Waals surface area contributed by atoms with Crippen LogP contribution in [0.1, 0.15) is 33.1 Å². The van der Waals surface area contributed by atoms with Crippen molar-refractivity contribution < 1.29 is 9.59 Å². The lowest BCUT2D eigenvalue weighted by Crippen LogP contribution is -2.43. The predicted molar refractivity (Wildman–Crippen MR) is 168 cm³/mol. The SMILES string of the molecule is Cc1ccc(-n2nc(-c3ccccc3)c3c2N(CC(=O)NCCN(C)C)C(=O)CS[C@@H]3c2ccccc2C)c(C)c1. The van der Waals surface area contributed by atoms with Crippen molar-refractivity contribution in [3.05, 3.63) is 101 Å². The van der Waals surface area contributed by atoms with Crippen LogP contribution in [-0.4, -0.2) is 66.0 Å². The van der Waals surface area contributed by atoms with Crippen LogP contribution in [0.25, 0.3) is 16.9 Å². The van der Waals surface area contributed by atoms with E-state index in [9.17, 15) is 9.59 Å². The molecule has 0 aliphatic carbocycles. The smallest absolute Gasteiger partial charge is 0.240 e. The lowest BCUT2D eigenvalue weighted by molar-refractivity contribution is -0.122. The van der Waals surface area contributed by atoms with Gasteiger partial charge in [0.25, 0.3) is 0 Å². The second kappa shape index (κ2) is 12.3. The minimum Gasteiger partial charge on any atom is -0.353 e. The molecule has 5 rings (SSSR count). The second-order valence-corrected chi connectivity index (χ2v) is 11.9. The Bertz CT molecular complexity index is 1560. The van der Waals surface area contributed by atoms with Crippen molar-refractivity contribution in [2.45, 2.75) is 26.0 Å². The summed E-state index contributed by atoms with van der Waals surface area (Å²) in [5, 5.41) is 8.06. The molecule has 7 nitrogen and oxygen atoms in total. The number of fused-ring (bicyclic) bond motifs is 1. The Morgan fingerprint density at radius 1 is 1.00 bits per heavy atom. The third kappa shape index (κ3) is 6.09. The van der Waals surface area contributed by atoms with Crippen LogP contribution in [0, 0.1) is 20.8 Å². The van der Waals surface area contributed by atoms with Gasteiger partial charge in [0, 0.05) is 24.2 Å². The van der Waals surface area contributed by atoms with E-state index in [1.807, 2.05) is 60.1 Å². The van der Waals surface area contributed by atoms with Crippen molar-refractivity contribution in [2.75, 3.05) is 44.4 Å². The summed E-state index contributed by atoms with van der Waals surface area (Å²) >= 11 is 1.60. The molecule has 0 radical (unpaired) electrons. The number of amides is 2. The average molecular weight is 568 g/mol. The number of aryl methyl sites for hydroxylation is 3. The van der Waals surface area contributed by atoms with E-state index in [1.54, 1.807) is 16.7 Å². The first kappa shape index (κ1) is 28.6. The van der Waals surface area contributed by atoms with Gasteiger partial charge in [0.15, 0.2) is 0 Å². The minimum absolute atomic E-state index is 0.0782. The Hall–Kier alpha value is -3.88. The Morgan fingerprint density at radius 3 is 2.44 bits per heavy atom. The summed E-state index contributed by atoms with van der Waals surface area (Å²) in [6.45, 7) is 7.37. The number of rotatable bonds is 8. The Labute approximate surface area is 246 Å². The Balaban J connectivity index is 1.76. The lowest BCUT2D eigenvalue weighted by atomic mass is 9.96. The van der Waals surface area contributed by atoms with E-state index in [4.69, 9.17) is 5.10 Å². The van der Waals surface area contributed by atoms with Gasteiger partial charge in [-0.2, -0.15) is 5.10 Å². The molecule has 1 aliphatic rings. The number of nitrogens with one attached hydrogen (secondary N) is 1. The molecule has 1 atom stereocenters. The highest BCUT2D eigenvalue weighted by Crippen LogP contribution is 2.49. The van der Waals surface area contributed by atoms with Crippen molar-refractivity contribution in [3.63, 3.8) is 0 Å². The number of anilines is 1. The summed E-state index contributed by atoms with van der Waals surface area (Å²) < 4.78 is 1.88. The van der Waals surface area contributed by atoms with Gasteiger partial charge in [-0.3, -0.25) is 14.5 Å². The maximum absolute atomic E-state index is 13.9. The summed E-state index contributed by atoms with van der Waals surface area (Å²) in [6, 6.07) is 24.7. The molecule has 0 saturated carbocycles. The summed E-state index contributed by atoms with van der Waals surface area (Å²) in [7, 11) is 3.93. The van der Waals surface area contributed by atoms with E-state index < -0.39 is 0 Å². The third-order valence-electron chi connectivity index (χ3n) is 7.37. The largest absolute Gasteiger partial charge is 0.353 e. The molecule has 0 bridgehead atoms. The molecule has 1 N–H and O–H groups in total. The normalized spacial score (nSPS) is 15.1. The van der Waals surface area contributed by atoms with Crippen LogP contribution in [0.4, 0.5) is 5.82 Å². The second-order valence-electron chi connectivity index (χ2n) is 10.8. The molecule has 41 heavy (non-hydrogen) atoms. The van der Waals surface area contributed by atoms with E-state index in [0.717, 1.165) is 51.3 Å². The van der Waals surface area contributed by atoms with Gasteiger partial charge >= 0.3 is 0 Å². The van der Waals surface area contributed by atoms with Gasteiger partial charge < -0.3 is 10.2 Å². The molecule has 1 aromatic heterocycles. The van der Waals surface area contributed by atoms with Crippen LogP contribution in [0.15, 0.2) is 72.8 Å². The molecule has 0 unspecified atom stereocenters. The fourth-order valence-electron chi connectivity index (χ4n) is 5.28. The molecule has 2 heterocycles. The lowest BCUT2D eigenvalue weighted by Gasteiger charge is -2.24. The minimum atomic E-state index is -0.194. The number of thioether (sulfide) groups is 1. The van der Waals surface area contributed by atoms with Crippen LogP contribution in [0.5, 0.6) is 0 Å². The molecule has 3 aromatic carbocycles. The molecular weight excluding hydrogens is 530 g/mol. The number of carbonyl (C=O) groups excluding carboxylic acids is 2. The molecule has 4 aromatic rings. The summed E-state index contributed by atoms with van der Waals surface area (Å²) in [6.07, 6.45) is 0. The zero-order valence-electron chi connectivity index (χ0n) is 24.3. The summed E-state index contributed by atoms with van der Waals surface area (Å²) in [5.74, 6) is 0.599. The Kier molecular flexibility index (Phi) is 8.61. The van der Waals surface area contributed by atoms with Gasteiger partial charge in [0.1, 0.15) is 12.4 Å². The van der Waals surface area contributed by atoms with Crippen LogP contribution < -0.4 is 10.2 Å². The maximum atomic E-state index is 13.9. The zero-order chi connectivity index (χ0) is 29.1. The fraction of sp³-hybridized carbons (Fsp3) is 0.303. The van der Waals surface area contributed by atoms with Crippen molar-refractivity contribution in [1.29, 1.82) is 0 Å². The highest BCUT2D eigenvalue weighted by molar-refractivity contribution is 8.00. The van der Waals surface area contributed by atoms with Crippen molar-refractivity contribution in [2.24, 2.45) is 0 Å². The van der Waals surface area contributed by atoms with E-state index >= 15 is 0 Å². The first-order chi connectivity index (χ1) is 19.7. The molecule has 1 aliphatic heterocycles. The average Bonchev–Trinajstić information content (AvgIpc) is 3.26. The van der Waals surface area contributed by atoms with E-state index in [1.165, 1.54) is 0 Å². The molecule has 0 fully saturated rings. The van der Waals surface area contributed by atoms with Crippen LogP contribution in [0.2, 0.25) is 0 Å². The van der Waals surface area contributed by atoms with Crippen molar-refractivity contribution >= 4 is 29.4 Å². The van der Waals surface area contributed by atoms with E-state index in [2.05, 4.69) is 62.5 Å². The predicted octanol–water partition coefficient (Wildman–Crippen LogP) is 5.31. The van der Waals surface area contributed by atoms with Crippen molar-refractivity contribution in [1.82, 2.24) is 20.0 Å². The number of likely N-dealkylation sites (N-methyl/N-ethyl adjacent to an activating group) is 1. The van der Waals surface area contributed by atoms with E-state index in [-0.39, 0.29) is 29.4 Å². The highest BCUT2D eigenvalue weighted by Gasteiger charge is 2.38. The van der Waals surface area contributed by atoms with Gasteiger partial charge in [-0.25, -0.2) is 4.68 Å². The molecule has 212 valence electrons. The Morgan fingerprint density at radius 2 is 1.73 bits per heavy atom. The van der Waals surface area contributed by atoms with Gasteiger partial charge in [-0.15, -0.1) is 11.8 Å². The highest BCUT2D eigenvalue weighted by atomic mass is 32.2. The fourth-order valence-corrected chi connectivity index (χ4v) is 6.58. The van der Waals surface area contributed by atoms with Crippen molar-refractivity contribution in [3.8, 4) is 16.9 Å². The standard InChI is InChI=1S/C33H37N5O2S/c1-22-15-16-27(24(3)19-22)38-33-30(31(35-38)25-12-7-6-8-13-25)32(26-14-10-9-11-23(26)2)41-21-29(40)37(33)20-28(39)34-17-18-36(4)5/h6-16,19,32H,17-18,20-21H2,1-5H3,(H,34,39)/t32-/m1/s1. The van der Waals surface area contributed by atoms with E-state index in [0.29, 0.717) is 12.4 Å². The van der Waals surface area contributed by atoms with Gasteiger partial charge in [0.05, 0.1) is 22.4 Å². The molecule has 8 heteroatoms. The number of hydrogen-bond donors (Lipinski definition) is 1. The topological polar surface area (TPSA) is 70.5 Å². The number of aromatic nitrogens is 2. The zero-order valence-corrected chi connectivity index (χ0v) is 25.2. The van der Waals surface area contributed by atoms with Gasteiger partial charge in [0.2, 0.25) is 11.8 Å². The number of nitrogens with zero attached hydrogens (tertiary/aromatic N) is 4. The first-order valence-electron chi connectivity index (χ1n) is 13.9. The molecule has 2 amide bonds. The number of benzene rings is 3. The molecular formula is C33H37N5O2S. The van der Waals surface area contributed by atoms with Crippen LogP contribution in [0.3, 0.4) is 0 Å². The number of carbonyl (C=O) groups is 2. The van der Waals surface area contributed by atoms with Gasteiger partial charge in [-0.1, -0.05) is 72.3 Å². The maximum Gasteiger partial charge on any atom is 0.240 e. The third-order valence-corrected chi connectivity index (χ3v) is 8.61. The monoisotopic (exact) mass is 567 g/mol. The van der Waals surface area contributed by atoms with Crippen LogP contribution >= 0.6 is 11.8 Å². The molecule has 0 saturated heterocycles. The van der Waals surface area contributed by atoms with Crippen LogP contribution in [-0.2, 0) is 9.59 Å². The summed E-state index contributed by atoms with van der Waals surface area (Å²) in [5.41, 5.74) is 8.09. The first-order valence-corrected chi connectivity index (χ1v) is 14.9. The summed E-state index contributed by atoms with van der Waals surface area (Å²) in [4.78, 5) is 30.8. The molecule has 0 spiro atoms. The quantitative estimate of drug-likeness (QED) is 0.313.